The summed E-state index contributed by atoms with van der Waals surface area (Å²) in [7, 11) is 2.07. The number of amidine groups is 1. The number of likely N-dealkylation sites (N-methyl/N-ethyl adjacent to an activating group) is 1. The number of rotatable bonds is 5. The summed E-state index contributed by atoms with van der Waals surface area (Å²) in [6.07, 6.45) is 1.44. The molecule has 0 bridgehead atoms. The molecular formula is C25H25ClN6O2. The molecule has 4 rings (SSSR count). The van der Waals surface area contributed by atoms with Crippen molar-refractivity contribution in [3.8, 4) is 0 Å². The number of hydrogen-bond acceptors (Lipinski definition) is 5. The topological polar surface area (TPSA) is 101 Å². The summed E-state index contributed by atoms with van der Waals surface area (Å²) in [5.74, 6) is 0.0658. The standard InChI is InChI=1S/C25H25ClN6O2/c1-31-12-14-32(15-13-31)23(27)17-6-8-18(9-7-17)24(33)29-21-5-3-2-4-20(21)25(34)30-22-11-10-19(26)16-28-22/h2-11,16,27H,12-15H2,1H3,(H,29,33)(H,28,30,34). The number of carbonyl (C=O) groups is 2. The Morgan fingerprint density at radius 2 is 1.56 bits per heavy atom. The van der Waals surface area contributed by atoms with Crippen LogP contribution >= 0.6 is 11.6 Å². The summed E-state index contributed by atoms with van der Waals surface area (Å²) < 4.78 is 0. The Balaban J connectivity index is 1.43. The summed E-state index contributed by atoms with van der Waals surface area (Å²) in [6.45, 7) is 3.46. The second kappa shape index (κ2) is 10.5. The van der Waals surface area contributed by atoms with Crippen molar-refractivity contribution in [2.75, 3.05) is 43.9 Å². The van der Waals surface area contributed by atoms with Gasteiger partial charge in [-0.2, -0.15) is 0 Å². The van der Waals surface area contributed by atoms with Gasteiger partial charge in [0.05, 0.1) is 16.3 Å². The van der Waals surface area contributed by atoms with E-state index in [0.29, 0.717) is 33.5 Å². The summed E-state index contributed by atoms with van der Waals surface area (Å²) in [5, 5.41) is 14.5. The Morgan fingerprint density at radius 3 is 2.24 bits per heavy atom. The molecule has 0 radical (unpaired) electrons. The van der Waals surface area contributed by atoms with E-state index in [2.05, 4.69) is 27.6 Å². The van der Waals surface area contributed by atoms with E-state index in [1.807, 2.05) is 4.90 Å². The maximum atomic E-state index is 12.9. The molecule has 0 unspecified atom stereocenters. The van der Waals surface area contributed by atoms with Gasteiger partial charge < -0.3 is 20.4 Å². The zero-order chi connectivity index (χ0) is 24.1. The Labute approximate surface area is 203 Å². The van der Waals surface area contributed by atoms with Crippen LogP contribution < -0.4 is 10.6 Å². The normalized spacial score (nSPS) is 13.9. The van der Waals surface area contributed by atoms with E-state index in [9.17, 15) is 9.59 Å². The zero-order valence-corrected chi connectivity index (χ0v) is 19.5. The van der Waals surface area contributed by atoms with Gasteiger partial charge in [-0.3, -0.25) is 15.0 Å². The number of piperazine rings is 1. The van der Waals surface area contributed by atoms with E-state index in [1.165, 1.54) is 6.20 Å². The molecule has 1 aliphatic heterocycles. The van der Waals surface area contributed by atoms with Gasteiger partial charge in [0.2, 0.25) is 0 Å². The maximum Gasteiger partial charge on any atom is 0.258 e. The molecule has 0 saturated carbocycles. The largest absolute Gasteiger partial charge is 0.354 e. The fourth-order valence-corrected chi connectivity index (χ4v) is 3.72. The van der Waals surface area contributed by atoms with Gasteiger partial charge in [0.25, 0.3) is 11.8 Å². The molecule has 2 amide bonds. The predicted octanol–water partition coefficient (Wildman–Crippen LogP) is 3.81. The second-order valence-electron chi connectivity index (χ2n) is 8.03. The van der Waals surface area contributed by atoms with Crippen molar-refractivity contribution < 1.29 is 9.59 Å². The molecule has 9 heteroatoms. The summed E-state index contributed by atoms with van der Waals surface area (Å²) >= 11 is 5.84. The Morgan fingerprint density at radius 1 is 0.882 bits per heavy atom. The monoisotopic (exact) mass is 476 g/mol. The molecule has 2 aromatic carbocycles. The van der Waals surface area contributed by atoms with Crippen molar-refractivity contribution >= 4 is 40.8 Å². The van der Waals surface area contributed by atoms with Crippen molar-refractivity contribution in [2.24, 2.45) is 0 Å². The molecular weight excluding hydrogens is 452 g/mol. The van der Waals surface area contributed by atoms with Crippen molar-refractivity contribution in [3.63, 3.8) is 0 Å². The molecule has 1 aromatic heterocycles. The van der Waals surface area contributed by atoms with E-state index < -0.39 is 5.91 Å². The van der Waals surface area contributed by atoms with Gasteiger partial charge in [-0.25, -0.2) is 4.98 Å². The van der Waals surface area contributed by atoms with Gasteiger partial charge in [0, 0.05) is 43.5 Å². The van der Waals surface area contributed by atoms with E-state index in [4.69, 9.17) is 17.0 Å². The molecule has 3 N–H and O–H groups in total. The fourth-order valence-electron chi connectivity index (χ4n) is 3.61. The number of anilines is 2. The first-order valence-corrected chi connectivity index (χ1v) is 11.2. The number of nitrogens with one attached hydrogen (secondary N) is 3. The summed E-state index contributed by atoms with van der Waals surface area (Å²) in [5.41, 5.74) is 1.88. The van der Waals surface area contributed by atoms with Crippen LogP contribution in [-0.4, -0.2) is 65.7 Å². The van der Waals surface area contributed by atoms with E-state index in [1.54, 1.807) is 60.7 Å². The first kappa shape index (κ1) is 23.4. The zero-order valence-electron chi connectivity index (χ0n) is 18.7. The lowest BCUT2D eigenvalue weighted by molar-refractivity contribution is 0.102. The number of pyridine rings is 1. The van der Waals surface area contributed by atoms with Crippen molar-refractivity contribution in [2.45, 2.75) is 0 Å². The Hall–Kier alpha value is -3.75. The average molecular weight is 477 g/mol. The smallest absolute Gasteiger partial charge is 0.258 e. The van der Waals surface area contributed by atoms with Crippen LogP contribution in [0.1, 0.15) is 26.3 Å². The van der Waals surface area contributed by atoms with E-state index >= 15 is 0 Å². The second-order valence-corrected chi connectivity index (χ2v) is 8.47. The highest BCUT2D eigenvalue weighted by molar-refractivity contribution is 6.30. The number of nitrogens with zero attached hydrogens (tertiary/aromatic N) is 3. The van der Waals surface area contributed by atoms with E-state index in [-0.39, 0.29) is 5.91 Å². The molecule has 0 spiro atoms. The van der Waals surface area contributed by atoms with Gasteiger partial charge in [-0.15, -0.1) is 0 Å². The lowest BCUT2D eigenvalue weighted by Gasteiger charge is -2.34. The molecule has 1 aliphatic rings. The lowest BCUT2D eigenvalue weighted by atomic mass is 10.1. The number of carbonyl (C=O) groups excluding carboxylic acids is 2. The average Bonchev–Trinajstić information content (AvgIpc) is 2.86. The third kappa shape index (κ3) is 5.59. The Kier molecular flexibility index (Phi) is 7.20. The van der Waals surface area contributed by atoms with Gasteiger partial charge in [0.1, 0.15) is 11.7 Å². The van der Waals surface area contributed by atoms with Crippen LogP contribution in [0, 0.1) is 5.41 Å². The maximum absolute atomic E-state index is 12.9. The number of amides is 2. The molecule has 0 atom stereocenters. The van der Waals surface area contributed by atoms with Gasteiger partial charge in [-0.05, 0) is 43.4 Å². The molecule has 34 heavy (non-hydrogen) atoms. The van der Waals surface area contributed by atoms with Gasteiger partial charge in [0.15, 0.2) is 0 Å². The molecule has 8 nitrogen and oxygen atoms in total. The van der Waals surface area contributed by atoms with Gasteiger partial charge >= 0.3 is 0 Å². The van der Waals surface area contributed by atoms with Crippen LogP contribution in [0.25, 0.3) is 0 Å². The number of aromatic nitrogens is 1. The predicted molar refractivity (Wildman–Crippen MR) is 134 cm³/mol. The highest BCUT2D eigenvalue weighted by atomic mass is 35.5. The van der Waals surface area contributed by atoms with E-state index in [0.717, 1.165) is 31.7 Å². The minimum Gasteiger partial charge on any atom is -0.354 e. The number of benzene rings is 2. The highest BCUT2D eigenvalue weighted by Crippen LogP contribution is 2.19. The van der Waals surface area contributed by atoms with Crippen LogP contribution in [0.5, 0.6) is 0 Å². The third-order valence-electron chi connectivity index (χ3n) is 5.63. The number of hydrogen-bond donors (Lipinski definition) is 3. The molecule has 1 fully saturated rings. The first-order chi connectivity index (χ1) is 16.4. The van der Waals surface area contributed by atoms with Gasteiger partial charge in [-0.1, -0.05) is 35.9 Å². The molecule has 1 saturated heterocycles. The van der Waals surface area contributed by atoms with Crippen molar-refractivity contribution in [1.82, 2.24) is 14.8 Å². The number of halogens is 1. The molecule has 174 valence electrons. The number of para-hydroxylation sites is 1. The Bertz CT molecular complexity index is 1190. The van der Waals surface area contributed by atoms with Crippen LogP contribution in [0.3, 0.4) is 0 Å². The summed E-state index contributed by atoms with van der Waals surface area (Å²) in [4.78, 5) is 34.0. The minimum absolute atomic E-state index is 0.307. The first-order valence-electron chi connectivity index (χ1n) is 10.9. The fraction of sp³-hybridized carbons (Fsp3) is 0.200. The lowest BCUT2D eigenvalue weighted by Crippen LogP contribution is -2.47. The van der Waals surface area contributed by atoms with Crippen LogP contribution in [0.2, 0.25) is 5.02 Å². The highest BCUT2D eigenvalue weighted by Gasteiger charge is 2.19. The molecule has 0 aliphatic carbocycles. The van der Waals surface area contributed by atoms with Crippen LogP contribution in [0.4, 0.5) is 11.5 Å². The molecule has 3 aromatic rings. The molecule has 2 heterocycles. The van der Waals surface area contributed by atoms with Crippen LogP contribution in [-0.2, 0) is 0 Å². The summed E-state index contributed by atoms with van der Waals surface area (Å²) in [6, 6.07) is 16.9. The van der Waals surface area contributed by atoms with Crippen LogP contribution in [0.15, 0.2) is 66.9 Å². The minimum atomic E-state index is -0.401. The quantitative estimate of drug-likeness (QED) is 0.384. The third-order valence-corrected chi connectivity index (χ3v) is 5.85. The van der Waals surface area contributed by atoms with Crippen molar-refractivity contribution in [3.05, 3.63) is 88.6 Å². The van der Waals surface area contributed by atoms with Crippen molar-refractivity contribution in [1.29, 1.82) is 5.41 Å². The SMILES string of the molecule is CN1CCN(C(=N)c2ccc(C(=O)Nc3ccccc3C(=O)Nc3ccc(Cl)cn3)cc2)CC1.